The first-order chi connectivity index (χ1) is 11.5. The number of aromatic nitrogens is 1. The first kappa shape index (κ1) is 15.6. The van der Waals surface area contributed by atoms with Crippen LogP contribution in [0.5, 0.6) is 0 Å². The highest BCUT2D eigenvalue weighted by Gasteiger charge is 2.31. The number of nitrogens with zero attached hydrogens (tertiary/aromatic N) is 2. The Kier molecular flexibility index (Phi) is 3.64. The molecule has 0 amide bonds. The van der Waals surface area contributed by atoms with Crippen LogP contribution in [0.2, 0.25) is 0 Å². The predicted molar refractivity (Wildman–Crippen MR) is 95.1 cm³/mol. The summed E-state index contributed by atoms with van der Waals surface area (Å²) in [6, 6.07) is 5.26. The first-order valence-electron chi connectivity index (χ1n) is 8.82. The van der Waals surface area contributed by atoms with E-state index in [2.05, 4.69) is 4.90 Å². The molecule has 1 saturated heterocycles. The summed E-state index contributed by atoms with van der Waals surface area (Å²) in [5.74, 6) is 0.187. The number of benzene rings is 1. The second-order valence-corrected chi connectivity index (χ2v) is 7.40. The van der Waals surface area contributed by atoms with Crippen molar-refractivity contribution in [3.63, 3.8) is 0 Å². The molecule has 1 aromatic carbocycles. The number of fused-ring (bicyclic) bond motifs is 1. The lowest BCUT2D eigenvalue weighted by molar-refractivity contribution is 0.487. The van der Waals surface area contributed by atoms with Gasteiger partial charge in [0.2, 0.25) is 0 Å². The Balaban J connectivity index is 1.88. The van der Waals surface area contributed by atoms with E-state index in [4.69, 9.17) is 5.73 Å². The van der Waals surface area contributed by atoms with E-state index in [1.807, 2.05) is 18.4 Å². The zero-order chi connectivity index (χ0) is 17.0. The van der Waals surface area contributed by atoms with Crippen LogP contribution >= 0.6 is 0 Å². The highest BCUT2D eigenvalue weighted by atomic mass is 19.1. The Labute approximate surface area is 141 Å². The monoisotopic (exact) mass is 329 g/mol. The molecule has 2 atom stereocenters. The standard InChI is InChI=1S/C19H24FN3O/c1-11-18-13(3-6-17(24)23(18)15-4-5-15)9-16(20)19(11)22-8-7-14(10-22)12(2)21/h3,6,9,12,14-15H,4-5,7-8,10,21H2,1-2H3/t12-,14+/m0/s1. The number of halogens is 1. The molecule has 1 saturated carbocycles. The fourth-order valence-corrected chi connectivity index (χ4v) is 4.08. The van der Waals surface area contributed by atoms with E-state index in [1.54, 1.807) is 18.2 Å². The topological polar surface area (TPSA) is 51.3 Å². The Morgan fingerprint density at radius 1 is 1.29 bits per heavy atom. The maximum atomic E-state index is 14.8. The second kappa shape index (κ2) is 5.59. The van der Waals surface area contributed by atoms with Gasteiger partial charge < -0.3 is 15.2 Å². The zero-order valence-corrected chi connectivity index (χ0v) is 14.3. The number of rotatable bonds is 3. The van der Waals surface area contributed by atoms with E-state index in [1.165, 1.54) is 0 Å². The fraction of sp³-hybridized carbons (Fsp3) is 0.526. The molecule has 4 rings (SSSR count). The number of hydrogen-bond donors (Lipinski definition) is 1. The molecule has 2 fully saturated rings. The van der Waals surface area contributed by atoms with Crippen molar-refractivity contribution in [2.45, 2.75) is 45.2 Å². The molecule has 5 heteroatoms. The van der Waals surface area contributed by atoms with E-state index in [0.717, 1.165) is 48.8 Å². The summed E-state index contributed by atoms with van der Waals surface area (Å²) in [7, 11) is 0. The van der Waals surface area contributed by atoms with Crippen LogP contribution in [0, 0.1) is 18.7 Å². The number of anilines is 1. The molecule has 2 aromatic rings. The minimum Gasteiger partial charge on any atom is -0.369 e. The summed E-state index contributed by atoms with van der Waals surface area (Å²) in [5.41, 5.74) is 8.46. The van der Waals surface area contributed by atoms with E-state index < -0.39 is 0 Å². The largest absolute Gasteiger partial charge is 0.369 e. The summed E-state index contributed by atoms with van der Waals surface area (Å²) in [6.07, 6.45) is 3.04. The third-order valence-electron chi connectivity index (χ3n) is 5.57. The van der Waals surface area contributed by atoms with Gasteiger partial charge in [0.15, 0.2) is 0 Å². The smallest absolute Gasteiger partial charge is 0.251 e. The molecule has 128 valence electrons. The molecule has 0 spiro atoms. The van der Waals surface area contributed by atoms with Gasteiger partial charge in [-0.25, -0.2) is 4.39 Å². The number of nitrogens with two attached hydrogens (primary N) is 1. The Morgan fingerprint density at radius 2 is 2.04 bits per heavy atom. The van der Waals surface area contributed by atoms with Crippen LogP contribution in [0.3, 0.4) is 0 Å². The summed E-state index contributed by atoms with van der Waals surface area (Å²) >= 11 is 0. The van der Waals surface area contributed by atoms with E-state index >= 15 is 0 Å². The molecule has 1 aromatic heterocycles. The molecule has 2 aliphatic rings. The molecule has 1 aliphatic carbocycles. The van der Waals surface area contributed by atoms with Gasteiger partial charge in [-0.2, -0.15) is 0 Å². The Hall–Kier alpha value is -1.88. The molecular formula is C19H24FN3O. The van der Waals surface area contributed by atoms with E-state index in [9.17, 15) is 9.18 Å². The van der Waals surface area contributed by atoms with Gasteiger partial charge in [0.05, 0.1) is 11.2 Å². The lowest BCUT2D eigenvalue weighted by atomic mass is 10.0. The van der Waals surface area contributed by atoms with E-state index in [-0.39, 0.29) is 23.5 Å². The number of pyridine rings is 1. The third-order valence-corrected chi connectivity index (χ3v) is 5.57. The molecule has 0 unspecified atom stereocenters. The van der Waals surface area contributed by atoms with Gasteiger partial charge in [-0.3, -0.25) is 4.79 Å². The SMILES string of the molecule is Cc1c(N2CC[C@@H]([C@H](C)N)C2)c(F)cc2ccc(=O)n(C3CC3)c12. The van der Waals surface area contributed by atoms with E-state index in [0.29, 0.717) is 11.6 Å². The Morgan fingerprint density at radius 3 is 2.67 bits per heavy atom. The molecule has 24 heavy (non-hydrogen) atoms. The van der Waals surface area contributed by atoms with Gasteiger partial charge in [-0.15, -0.1) is 0 Å². The van der Waals surface area contributed by atoms with Crippen molar-refractivity contribution in [3.8, 4) is 0 Å². The van der Waals surface area contributed by atoms with Crippen molar-refractivity contribution in [1.29, 1.82) is 0 Å². The average molecular weight is 329 g/mol. The third kappa shape index (κ3) is 2.42. The number of aryl methyl sites for hydroxylation is 1. The predicted octanol–water partition coefficient (Wildman–Crippen LogP) is 2.96. The quantitative estimate of drug-likeness (QED) is 0.942. The highest BCUT2D eigenvalue weighted by molar-refractivity contribution is 5.88. The molecule has 2 N–H and O–H groups in total. The summed E-state index contributed by atoms with van der Waals surface area (Å²) in [6.45, 7) is 5.55. The lowest BCUT2D eigenvalue weighted by Crippen LogP contribution is -2.30. The van der Waals surface area contributed by atoms with Crippen molar-refractivity contribution in [2.75, 3.05) is 18.0 Å². The minimum absolute atomic E-state index is 0.0144. The summed E-state index contributed by atoms with van der Waals surface area (Å²) < 4.78 is 16.7. The summed E-state index contributed by atoms with van der Waals surface area (Å²) in [4.78, 5) is 14.5. The van der Waals surface area contributed by atoms with Gasteiger partial charge in [-0.1, -0.05) is 0 Å². The molecular weight excluding hydrogens is 305 g/mol. The lowest BCUT2D eigenvalue weighted by Gasteiger charge is -2.24. The maximum Gasteiger partial charge on any atom is 0.251 e. The van der Waals surface area contributed by atoms with Gasteiger partial charge in [0.1, 0.15) is 5.82 Å². The van der Waals surface area contributed by atoms with Gasteiger partial charge in [0, 0.05) is 36.6 Å². The Bertz CT molecular complexity index is 854. The van der Waals surface area contributed by atoms with Crippen LogP contribution in [0.4, 0.5) is 10.1 Å². The molecule has 0 radical (unpaired) electrons. The van der Waals surface area contributed by atoms with Gasteiger partial charge in [0.25, 0.3) is 5.56 Å². The first-order valence-corrected chi connectivity index (χ1v) is 8.82. The fourth-order valence-electron chi connectivity index (χ4n) is 4.08. The minimum atomic E-state index is -0.202. The molecule has 1 aliphatic heterocycles. The normalized spacial score (nSPS) is 22.3. The van der Waals surface area contributed by atoms with Crippen molar-refractivity contribution >= 4 is 16.6 Å². The van der Waals surface area contributed by atoms with Crippen molar-refractivity contribution < 1.29 is 4.39 Å². The van der Waals surface area contributed by atoms with Crippen molar-refractivity contribution in [1.82, 2.24) is 4.57 Å². The maximum absolute atomic E-state index is 14.8. The number of hydrogen-bond acceptors (Lipinski definition) is 3. The van der Waals surface area contributed by atoms with Crippen LogP contribution in [0.1, 0.15) is 37.8 Å². The summed E-state index contributed by atoms with van der Waals surface area (Å²) in [5, 5.41) is 0.809. The van der Waals surface area contributed by atoms with Crippen molar-refractivity contribution in [2.24, 2.45) is 11.7 Å². The van der Waals surface area contributed by atoms with Crippen LogP contribution in [0.25, 0.3) is 10.9 Å². The second-order valence-electron chi connectivity index (χ2n) is 7.40. The van der Waals surface area contributed by atoms with Crippen molar-refractivity contribution in [3.05, 3.63) is 39.9 Å². The highest BCUT2D eigenvalue weighted by Crippen LogP contribution is 2.40. The van der Waals surface area contributed by atoms with Crippen LogP contribution in [-0.4, -0.2) is 23.7 Å². The zero-order valence-electron chi connectivity index (χ0n) is 14.3. The van der Waals surface area contributed by atoms with Gasteiger partial charge >= 0.3 is 0 Å². The average Bonchev–Trinajstić information content (AvgIpc) is 3.24. The molecule has 4 nitrogen and oxygen atoms in total. The van der Waals surface area contributed by atoms with Crippen LogP contribution in [-0.2, 0) is 0 Å². The van der Waals surface area contributed by atoms with Crippen LogP contribution < -0.4 is 16.2 Å². The van der Waals surface area contributed by atoms with Crippen LogP contribution in [0.15, 0.2) is 23.0 Å². The molecule has 2 heterocycles. The molecule has 0 bridgehead atoms. The van der Waals surface area contributed by atoms with Gasteiger partial charge in [-0.05, 0) is 56.7 Å².